The minimum Gasteiger partial charge on any atom is -0.340 e. The number of hydrogen-bond acceptors (Lipinski definition) is 6. The van der Waals surface area contributed by atoms with Gasteiger partial charge >= 0.3 is 0 Å². The molecule has 3 heterocycles. The molecule has 0 bridgehead atoms. The van der Waals surface area contributed by atoms with Crippen molar-refractivity contribution in [2.45, 2.75) is 45.7 Å². The number of carbonyl (C=O) groups excluding carboxylic acids is 2. The molecule has 1 fully saturated rings. The Morgan fingerprint density at radius 2 is 1.63 bits per heavy atom. The van der Waals surface area contributed by atoms with Crippen molar-refractivity contribution in [2.24, 2.45) is 0 Å². The van der Waals surface area contributed by atoms with Crippen molar-refractivity contribution in [3.05, 3.63) is 46.8 Å². The van der Waals surface area contributed by atoms with Crippen molar-refractivity contribution in [2.75, 3.05) is 32.7 Å². The summed E-state index contributed by atoms with van der Waals surface area (Å²) >= 11 is 0. The molecule has 8 nitrogen and oxygen atoms in total. The Bertz CT molecular complexity index is 888. The molecule has 0 aliphatic carbocycles. The average Bonchev–Trinajstić information content (AvgIpc) is 3.18. The highest BCUT2D eigenvalue weighted by molar-refractivity contribution is 5.79. The molecule has 30 heavy (non-hydrogen) atoms. The smallest absolute Gasteiger partial charge is 0.222 e. The maximum atomic E-state index is 12.6. The van der Waals surface area contributed by atoms with E-state index >= 15 is 0 Å². The second-order valence-corrected chi connectivity index (χ2v) is 8.14. The van der Waals surface area contributed by atoms with Gasteiger partial charge in [-0.2, -0.15) is 0 Å². The average molecular weight is 412 g/mol. The van der Waals surface area contributed by atoms with Crippen LogP contribution in [0.25, 0.3) is 0 Å². The number of aryl methyl sites for hydroxylation is 1. The lowest BCUT2D eigenvalue weighted by Gasteiger charge is -2.34. The van der Waals surface area contributed by atoms with Crippen LogP contribution < -0.4 is 0 Å². The molecule has 1 aromatic heterocycles. The predicted octanol–water partition coefficient (Wildman–Crippen LogP) is 1.78. The molecule has 2 aromatic rings. The Balaban J connectivity index is 1.16. The molecular formula is C22H29N5O3. The molecular weight excluding hydrogens is 382 g/mol. The topological polar surface area (TPSA) is 82.8 Å². The highest BCUT2D eigenvalue weighted by Crippen LogP contribution is 2.19. The molecule has 0 radical (unpaired) electrons. The van der Waals surface area contributed by atoms with Gasteiger partial charge in [-0.3, -0.25) is 14.5 Å². The molecule has 1 saturated heterocycles. The number of rotatable bonds is 6. The molecule has 0 atom stereocenters. The monoisotopic (exact) mass is 411 g/mol. The van der Waals surface area contributed by atoms with Gasteiger partial charge in [-0.1, -0.05) is 34.6 Å². The van der Waals surface area contributed by atoms with Gasteiger partial charge in [-0.15, -0.1) is 0 Å². The van der Waals surface area contributed by atoms with E-state index in [1.54, 1.807) is 0 Å². The molecule has 0 unspecified atom stereocenters. The molecule has 0 saturated carbocycles. The Labute approximate surface area is 176 Å². The van der Waals surface area contributed by atoms with Gasteiger partial charge < -0.3 is 9.80 Å². The van der Waals surface area contributed by atoms with Crippen LogP contribution in [-0.2, 0) is 29.1 Å². The van der Waals surface area contributed by atoms with E-state index < -0.39 is 0 Å². The number of aromatic nitrogens is 2. The maximum absolute atomic E-state index is 12.6. The highest BCUT2D eigenvalue weighted by atomic mass is 16.6. The SMILES string of the molecule is Cc1nonc1CN1CCN(C(=O)CCCC(=O)N2CCc3ccccc3C2)CC1. The van der Waals surface area contributed by atoms with E-state index in [0.717, 1.165) is 37.4 Å². The van der Waals surface area contributed by atoms with Crippen molar-refractivity contribution in [1.29, 1.82) is 0 Å². The number of fused-ring (bicyclic) bond motifs is 1. The zero-order valence-corrected chi connectivity index (χ0v) is 17.5. The summed E-state index contributed by atoms with van der Waals surface area (Å²) in [5.74, 6) is 0.296. The van der Waals surface area contributed by atoms with Gasteiger partial charge in [0.2, 0.25) is 11.8 Å². The van der Waals surface area contributed by atoms with Crippen LogP contribution in [0.3, 0.4) is 0 Å². The van der Waals surface area contributed by atoms with Gasteiger partial charge in [0.25, 0.3) is 0 Å². The minimum atomic E-state index is 0.144. The second kappa shape index (κ2) is 9.38. The number of piperazine rings is 1. The van der Waals surface area contributed by atoms with Gasteiger partial charge in [-0.05, 0) is 30.9 Å². The molecule has 160 valence electrons. The first kappa shape index (κ1) is 20.5. The minimum absolute atomic E-state index is 0.144. The van der Waals surface area contributed by atoms with Crippen LogP contribution in [0.4, 0.5) is 0 Å². The molecule has 2 amide bonds. The van der Waals surface area contributed by atoms with Crippen LogP contribution >= 0.6 is 0 Å². The summed E-state index contributed by atoms with van der Waals surface area (Å²) in [5.41, 5.74) is 4.25. The van der Waals surface area contributed by atoms with E-state index in [9.17, 15) is 9.59 Å². The zero-order chi connectivity index (χ0) is 20.9. The van der Waals surface area contributed by atoms with Crippen LogP contribution in [0.15, 0.2) is 28.9 Å². The molecule has 1 aromatic carbocycles. The molecule has 2 aliphatic heterocycles. The lowest BCUT2D eigenvalue weighted by Crippen LogP contribution is -2.48. The molecule has 4 rings (SSSR count). The summed E-state index contributed by atoms with van der Waals surface area (Å²) in [7, 11) is 0. The van der Waals surface area contributed by atoms with Crippen molar-refractivity contribution < 1.29 is 14.2 Å². The number of hydrogen-bond donors (Lipinski definition) is 0. The van der Waals surface area contributed by atoms with Crippen molar-refractivity contribution >= 4 is 11.8 Å². The van der Waals surface area contributed by atoms with E-state index in [0.29, 0.717) is 45.4 Å². The van der Waals surface area contributed by atoms with Crippen LogP contribution in [0.2, 0.25) is 0 Å². The predicted molar refractivity (Wildman–Crippen MR) is 110 cm³/mol. The normalized spacial score (nSPS) is 17.1. The molecule has 0 spiro atoms. The lowest BCUT2D eigenvalue weighted by molar-refractivity contribution is -0.134. The lowest BCUT2D eigenvalue weighted by atomic mass is 9.99. The highest BCUT2D eigenvalue weighted by Gasteiger charge is 2.24. The fraction of sp³-hybridized carbons (Fsp3) is 0.545. The summed E-state index contributed by atoms with van der Waals surface area (Å²) < 4.78 is 4.75. The van der Waals surface area contributed by atoms with E-state index in [1.165, 1.54) is 11.1 Å². The standard InChI is InChI=1S/C22H29N5O3/c1-17-20(24-30-23-17)16-25-11-13-26(14-12-25)21(28)7-4-8-22(29)27-10-9-18-5-2-3-6-19(18)15-27/h2-3,5-6H,4,7-16H2,1H3. The maximum Gasteiger partial charge on any atom is 0.222 e. The summed E-state index contributed by atoms with van der Waals surface area (Å²) in [6.45, 7) is 7.08. The van der Waals surface area contributed by atoms with E-state index in [1.807, 2.05) is 28.9 Å². The summed E-state index contributed by atoms with van der Waals surface area (Å²) in [4.78, 5) is 31.2. The van der Waals surface area contributed by atoms with Gasteiger partial charge in [0.15, 0.2) is 0 Å². The number of carbonyl (C=O) groups is 2. The first-order valence-electron chi connectivity index (χ1n) is 10.7. The fourth-order valence-electron chi connectivity index (χ4n) is 4.18. The van der Waals surface area contributed by atoms with Crippen LogP contribution in [-0.4, -0.2) is 69.6 Å². The van der Waals surface area contributed by atoms with E-state index in [-0.39, 0.29) is 11.8 Å². The summed E-state index contributed by atoms with van der Waals surface area (Å²) in [6, 6.07) is 8.31. The molecule has 2 aliphatic rings. The second-order valence-electron chi connectivity index (χ2n) is 8.14. The van der Waals surface area contributed by atoms with Crippen LogP contribution in [0.1, 0.15) is 41.8 Å². The van der Waals surface area contributed by atoms with Gasteiger partial charge in [0, 0.05) is 58.7 Å². The number of benzene rings is 1. The Hall–Kier alpha value is -2.74. The van der Waals surface area contributed by atoms with Crippen LogP contribution in [0.5, 0.6) is 0 Å². The van der Waals surface area contributed by atoms with Gasteiger partial charge in [-0.25, -0.2) is 4.63 Å². The zero-order valence-electron chi connectivity index (χ0n) is 17.5. The fourth-order valence-corrected chi connectivity index (χ4v) is 4.18. The molecule has 0 N–H and O–H groups in total. The van der Waals surface area contributed by atoms with E-state index in [2.05, 4.69) is 27.3 Å². The number of amides is 2. The third-order valence-corrected chi connectivity index (χ3v) is 6.11. The Kier molecular flexibility index (Phi) is 6.42. The van der Waals surface area contributed by atoms with Gasteiger partial charge in [0.1, 0.15) is 11.4 Å². The van der Waals surface area contributed by atoms with Crippen molar-refractivity contribution in [1.82, 2.24) is 25.0 Å². The van der Waals surface area contributed by atoms with Gasteiger partial charge in [0.05, 0.1) is 0 Å². The Morgan fingerprint density at radius 1 is 0.933 bits per heavy atom. The Morgan fingerprint density at radius 3 is 2.33 bits per heavy atom. The quantitative estimate of drug-likeness (QED) is 0.721. The first-order valence-corrected chi connectivity index (χ1v) is 10.7. The molecule has 8 heteroatoms. The van der Waals surface area contributed by atoms with E-state index in [4.69, 9.17) is 4.63 Å². The summed E-state index contributed by atoms with van der Waals surface area (Å²) in [5, 5.41) is 7.74. The van der Waals surface area contributed by atoms with Crippen LogP contribution in [0, 0.1) is 6.92 Å². The third kappa shape index (κ3) is 4.87. The first-order chi connectivity index (χ1) is 14.6. The summed E-state index contributed by atoms with van der Waals surface area (Å²) in [6.07, 6.45) is 2.39. The van der Waals surface area contributed by atoms with Crippen molar-refractivity contribution in [3.63, 3.8) is 0 Å². The van der Waals surface area contributed by atoms with Crippen molar-refractivity contribution in [3.8, 4) is 0 Å². The third-order valence-electron chi connectivity index (χ3n) is 6.11. The number of nitrogens with zero attached hydrogens (tertiary/aromatic N) is 5. The largest absolute Gasteiger partial charge is 0.340 e.